The van der Waals surface area contributed by atoms with Crippen molar-refractivity contribution in [3.05, 3.63) is 58.1 Å². The number of methoxy groups -OCH3 is 1. The molecule has 0 amide bonds. The van der Waals surface area contributed by atoms with Gasteiger partial charge in [0.05, 0.1) is 13.2 Å². The SMILES string of the molecule is COc1ccc(C(O)CNc2ccc(Br)c(C)c2)cc1. The van der Waals surface area contributed by atoms with Crippen LogP contribution in [0, 0.1) is 6.92 Å². The average molecular weight is 336 g/mol. The average Bonchev–Trinajstić information content (AvgIpc) is 2.48. The number of hydrogen-bond acceptors (Lipinski definition) is 3. The molecule has 0 aliphatic carbocycles. The molecular weight excluding hydrogens is 318 g/mol. The highest BCUT2D eigenvalue weighted by Crippen LogP contribution is 2.22. The second kappa shape index (κ2) is 6.77. The van der Waals surface area contributed by atoms with E-state index < -0.39 is 6.10 Å². The summed E-state index contributed by atoms with van der Waals surface area (Å²) in [5, 5.41) is 13.4. The van der Waals surface area contributed by atoms with E-state index in [2.05, 4.69) is 21.2 Å². The molecule has 4 heteroatoms. The van der Waals surface area contributed by atoms with Crippen molar-refractivity contribution in [3.8, 4) is 5.75 Å². The Labute approximate surface area is 127 Å². The molecule has 1 unspecified atom stereocenters. The van der Waals surface area contributed by atoms with Gasteiger partial charge >= 0.3 is 0 Å². The van der Waals surface area contributed by atoms with Gasteiger partial charge in [-0.15, -0.1) is 0 Å². The summed E-state index contributed by atoms with van der Waals surface area (Å²) < 4.78 is 6.18. The highest BCUT2D eigenvalue weighted by atomic mass is 79.9. The van der Waals surface area contributed by atoms with Crippen LogP contribution in [-0.4, -0.2) is 18.8 Å². The normalized spacial score (nSPS) is 12.0. The summed E-state index contributed by atoms with van der Waals surface area (Å²) in [6.45, 7) is 2.50. The predicted molar refractivity (Wildman–Crippen MR) is 85.3 cm³/mol. The van der Waals surface area contributed by atoms with Crippen LogP contribution in [0.15, 0.2) is 46.9 Å². The van der Waals surface area contributed by atoms with Crippen molar-refractivity contribution >= 4 is 21.6 Å². The van der Waals surface area contributed by atoms with Gasteiger partial charge in [-0.3, -0.25) is 0 Å². The van der Waals surface area contributed by atoms with E-state index in [0.29, 0.717) is 6.54 Å². The lowest BCUT2D eigenvalue weighted by atomic mass is 10.1. The van der Waals surface area contributed by atoms with E-state index in [1.165, 1.54) is 0 Å². The van der Waals surface area contributed by atoms with Crippen LogP contribution < -0.4 is 10.1 Å². The first-order valence-corrected chi connectivity index (χ1v) is 7.21. The van der Waals surface area contributed by atoms with Crippen LogP contribution in [0.4, 0.5) is 5.69 Å². The van der Waals surface area contributed by atoms with E-state index in [4.69, 9.17) is 4.74 Å². The van der Waals surface area contributed by atoms with Gasteiger partial charge in [0.1, 0.15) is 5.75 Å². The Balaban J connectivity index is 1.96. The van der Waals surface area contributed by atoms with E-state index in [0.717, 1.165) is 27.0 Å². The summed E-state index contributed by atoms with van der Waals surface area (Å²) in [6.07, 6.45) is -0.551. The molecule has 3 nitrogen and oxygen atoms in total. The highest BCUT2D eigenvalue weighted by molar-refractivity contribution is 9.10. The van der Waals surface area contributed by atoms with Crippen molar-refractivity contribution in [2.45, 2.75) is 13.0 Å². The molecule has 0 bridgehead atoms. The van der Waals surface area contributed by atoms with Gasteiger partial charge in [-0.25, -0.2) is 0 Å². The maximum Gasteiger partial charge on any atom is 0.118 e. The molecule has 0 aliphatic rings. The molecule has 0 heterocycles. The smallest absolute Gasteiger partial charge is 0.118 e. The molecule has 0 radical (unpaired) electrons. The van der Waals surface area contributed by atoms with Gasteiger partial charge in [0.25, 0.3) is 0 Å². The zero-order valence-corrected chi connectivity index (χ0v) is 13.1. The number of halogens is 1. The molecule has 2 aromatic rings. The summed E-state index contributed by atoms with van der Waals surface area (Å²) >= 11 is 3.47. The predicted octanol–water partition coefficient (Wildman–Crippen LogP) is 3.91. The van der Waals surface area contributed by atoms with Gasteiger partial charge in [-0.05, 0) is 48.4 Å². The molecule has 1 atom stereocenters. The summed E-state index contributed by atoms with van der Waals surface area (Å²) in [5.41, 5.74) is 3.03. The fraction of sp³-hybridized carbons (Fsp3) is 0.250. The summed E-state index contributed by atoms with van der Waals surface area (Å²) in [4.78, 5) is 0. The fourth-order valence-electron chi connectivity index (χ4n) is 1.91. The number of aliphatic hydroxyl groups is 1. The minimum atomic E-state index is -0.551. The molecule has 0 saturated carbocycles. The first-order chi connectivity index (χ1) is 9.60. The Kier molecular flexibility index (Phi) is 5.04. The third kappa shape index (κ3) is 3.74. The molecule has 2 rings (SSSR count). The Morgan fingerprint density at radius 1 is 1.20 bits per heavy atom. The lowest BCUT2D eigenvalue weighted by Gasteiger charge is -2.14. The number of anilines is 1. The largest absolute Gasteiger partial charge is 0.497 e. The van der Waals surface area contributed by atoms with Gasteiger partial charge < -0.3 is 15.2 Å². The second-order valence-electron chi connectivity index (χ2n) is 4.63. The number of rotatable bonds is 5. The molecule has 2 N–H and O–H groups in total. The minimum absolute atomic E-state index is 0.466. The molecule has 0 fully saturated rings. The summed E-state index contributed by atoms with van der Waals surface area (Å²) in [6, 6.07) is 13.5. The van der Waals surface area contributed by atoms with Crippen LogP contribution in [0.1, 0.15) is 17.2 Å². The third-order valence-electron chi connectivity index (χ3n) is 3.16. The molecule has 0 aromatic heterocycles. The van der Waals surface area contributed by atoms with Crippen molar-refractivity contribution in [1.29, 1.82) is 0 Å². The summed E-state index contributed by atoms with van der Waals surface area (Å²) in [5.74, 6) is 0.789. The topological polar surface area (TPSA) is 41.5 Å². The van der Waals surface area contributed by atoms with Gasteiger partial charge in [0, 0.05) is 16.7 Å². The van der Waals surface area contributed by atoms with E-state index >= 15 is 0 Å². The van der Waals surface area contributed by atoms with E-state index in [9.17, 15) is 5.11 Å². The zero-order chi connectivity index (χ0) is 14.5. The maximum absolute atomic E-state index is 10.2. The van der Waals surface area contributed by atoms with Crippen LogP contribution in [-0.2, 0) is 0 Å². The van der Waals surface area contributed by atoms with Crippen molar-refractivity contribution in [2.75, 3.05) is 19.0 Å². The monoisotopic (exact) mass is 335 g/mol. The van der Waals surface area contributed by atoms with E-state index in [1.807, 2.05) is 49.4 Å². The number of aryl methyl sites for hydroxylation is 1. The molecule has 0 saturated heterocycles. The lowest BCUT2D eigenvalue weighted by Crippen LogP contribution is -2.12. The fourth-order valence-corrected chi connectivity index (χ4v) is 2.16. The second-order valence-corrected chi connectivity index (χ2v) is 5.49. The van der Waals surface area contributed by atoms with E-state index in [1.54, 1.807) is 7.11 Å². The molecule has 106 valence electrons. The highest BCUT2D eigenvalue weighted by Gasteiger charge is 2.07. The zero-order valence-electron chi connectivity index (χ0n) is 11.6. The lowest BCUT2D eigenvalue weighted by molar-refractivity contribution is 0.191. The van der Waals surface area contributed by atoms with Crippen molar-refractivity contribution in [1.82, 2.24) is 0 Å². The molecular formula is C16H18BrNO2. The molecule has 2 aromatic carbocycles. The van der Waals surface area contributed by atoms with Gasteiger partial charge in [-0.2, -0.15) is 0 Å². The van der Waals surface area contributed by atoms with Crippen LogP contribution >= 0.6 is 15.9 Å². The van der Waals surface area contributed by atoms with E-state index in [-0.39, 0.29) is 0 Å². The first kappa shape index (κ1) is 14.9. The van der Waals surface area contributed by atoms with Gasteiger partial charge in [0.15, 0.2) is 0 Å². The number of nitrogens with one attached hydrogen (secondary N) is 1. The standard InChI is InChI=1S/C16H18BrNO2/c1-11-9-13(5-8-15(11)17)18-10-16(19)12-3-6-14(20-2)7-4-12/h3-9,16,18-19H,10H2,1-2H3. The first-order valence-electron chi connectivity index (χ1n) is 6.42. The van der Waals surface area contributed by atoms with Crippen LogP contribution in [0.25, 0.3) is 0 Å². The number of hydrogen-bond donors (Lipinski definition) is 2. The molecule has 0 aliphatic heterocycles. The van der Waals surface area contributed by atoms with Crippen LogP contribution in [0.5, 0.6) is 5.75 Å². The Hall–Kier alpha value is -1.52. The van der Waals surface area contributed by atoms with Crippen molar-refractivity contribution in [3.63, 3.8) is 0 Å². The molecule has 20 heavy (non-hydrogen) atoms. The number of aliphatic hydroxyl groups excluding tert-OH is 1. The Morgan fingerprint density at radius 3 is 2.50 bits per heavy atom. The van der Waals surface area contributed by atoms with Crippen molar-refractivity contribution < 1.29 is 9.84 Å². The molecule has 0 spiro atoms. The van der Waals surface area contributed by atoms with Crippen LogP contribution in [0.3, 0.4) is 0 Å². The number of ether oxygens (including phenoxy) is 1. The van der Waals surface area contributed by atoms with Crippen molar-refractivity contribution in [2.24, 2.45) is 0 Å². The Morgan fingerprint density at radius 2 is 1.90 bits per heavy atom. The van der Waals surface area contributed by atoms with Crippen LogP contribution in [0.2, 0.25) is 0 Å². The minimum Gasteiger partial charge on any atom is -0.497 e. The summed E-state index contributed by atoms with van der Waals surface area (Å²) in [7, 11) is 1.63. The maximum atomic E-state index is 10.2. The van der Waals surface area contributed by atoms with Gasteiger partial charge in [-0.1, -0.05) is 28.1 Å². The quantitative estimate of drug-likeness (QED) is 0.870. The van der Waals surface area contributed by atoms with Gasteiger partial charge in [0.2, 0.25) is 0 Å². The number of benzene rings is 2. The Bertz CT molecular complexity index is 569. The third-order valence-corrected chi connectivity index (χ3v) is 4.05.